The zero-order valence-electron chi connectivity index (χ0n) is 8.56. The third kappa shape index (κ3) is 7.81. The molecule has 0 radical (unpaired) electrons. The molecule has 0 rings (SSSR count). The van der Waals surface area contributed by atoms with Crippen LogP contribution in [0.2, 0.25) is 0 Å². The molecule has 0 aromatic rings. The van der Waals surface area contributed by atoms with E-state index in [0.29, 0.717) is 0 Å². The van der Waals surface area contributed by atoms with Crippen molar-refractivity contribution in [2.24, 2.45) is 0 Å². The molecule has 8 nitrogen and oxygen atoms in total. The van der Waals surface area contributed by atoms with Gasteiger partial charge in [-0.2, -0.15) is 31.0 Å². The minimum atomic E-state index is -4.82. The Bertz CT molecular complexity index is 420. The summed E-state index contributed by atoms with van der Waals surface area (Å²) in [6.07, 6.45) is -5.93. The predicted molar refractivity (Wildman–Crippen MR) is 49.8 cm³/mol. The van der Waals surface area contributed by atoms with E-state index in [4.69, 9.17) is 10.2 Å². The maximum atomic E-state index is 11.7. The molecule has 4 N–H and O–H groups in total. The molecule has 106 valence electrons. The molecule has 1 unspecified atom stereocenters. The summed E-state index contributed by atoms with van der Waals surface area (Å²) in [5.41, 5.74) is 0. The van der Waals surface area contributed by atoms with Gasteiger partial charge in [-0.15, -0.1) is 0 Å². The average Bonchev–Trinajstić information content (AvgIpc) is 2.11. The maximum Gasteiger partial charge on any atom is 0.402 e. The van der Waals surface area contributed by atoms with Crippen molar-refractivity contribution in [1.29, 1.82) is 0 Å². The van der Waals surface area contributed by atoms with Crippen LogP contribution >= 0.6 is 0 Å². The van der Waals surface area contributed by atoms with Crippen molar-refractivity contribution >= 4 is 22.1 Å². The number of hydrogen-bond acceptors (Lipinski definition) is 4. The van der Waals surface area contributed by atoms with E-state index < -0.39 is 47.3 Å². The Morgan fingerprint density at radius 2 is 1.72 bits per heavy atom. The van der Waals surface area contributed by atoms with Crippen molar-refractivity contribution in [1.82, 2.24) is 9.44 Å². The maximum absolute atomic E-state index is 11.7. The van der Waals surface area contributed by atoms with Crippen molar-refractivity contribution in [3.8, 4) is 0 Å². The van der Waals surface area contributed by atoms with E-state index in [9.17, 15) is 31.2 Å². The van der Waals surface area contributed by atoms with E-state index in [0.717, 1.165) is 4.72 Å². The number of rotatable bonds is 7. The third-order valence-corrected chi connectivity index (χ3v) is 2.56. The molecule has 0 saturated heterocycles. The molecule has 1 atom stereocenters. The molecule has 12 heteroatoms. The number of alkyl halides is 3. The molecule has 0 aliphatic carbocycles. The largest absolute Gasteiger partial charge is 0.481 e. The van der Waals surface area contributed by atoms with Gasteiger partial charge in [0.05, 0.1) is 6.42 Å². The monoisotopic (exact) mass is 294 g/mol. The summed E-state index contributed by atoms with van der Waals surface area (Å²) in [6, 6.07) is -2.06. The van der Waals surface area contributed by atoms with Gasteiger partial charge in [-0.25, -0.2) is 0 Å². The molecular formula is C6H9F3N2O6S. The molecule has 0 aliphatic heterocycles. The van der Waals surface area contributed by atoms with Gasteiger partial charge in [0.1, 0.15) is 12.6 Å². The van der Waals surface area contributed by atoms with Crippen LogP contribution in [0.25, 0.3) is 0 Å². The lowest BCUT2D eigenvalue weighted by molar-refractivity contribution is -0.145. The second-order valence-corrected chi connectivity index (χ2v) is 4.58. The number of aliphatic carboxylic acids is 2. The Morgan fingerprint density at radius 3 is 2.06 bits per heavy atom. The normalized spacial score (nSPS) is 14.2. The standard InChI is InChI=1S/C6H9F3N2O6S/c7-6(8,9)2-10-18(16,17)11-3(5(14)15)1-4(12)13/h3,10-11H,1-2H2,(H,12,13)(H,14,15). The second kappa shape index (κ2) is 5.97. The van der Waals surface area contributed by atoms with Gasteiger partial charge in [-0.1, -0.05) is 0 Å². The molecule has 0 spiro atoms. The first-order valence-electron chi connectivity index (χ1n) is 4.21. The van der Waals surface area contributed by atoms with Crippen LogP contribution in [-0.2, 0) is 19.8 Å². The number of carbonyl (C=O) groups is 2. The Kier molecular flexibility index (Phi) is 5.51. The summed E-state index contributed by atoms with van der Waals surface area (Å²) < 4.78 is 59.5. The van der Waals surface area contributed by atoms with Gasteiger partial charge < -0.3 is 10.2 Å². The Balaban J connectivity index is 4.62. The fourth-order valence-corrected chi connectivity index (χ4v) is 1.76. The number of halogens is 3. The summed E-state index contributed by atoms with van der Waals surface area (Å²) in [6.45, 7) is -1.90. The third-order valence-electron chi connectivity index (χ3n) is 1.44. The molecular weight excluding hydrogens is 285 g/mol. The molecule has 0 aromatic heterocycles. The molecule has 0 aliphatic rings. The van der Waals surface area contributed by atoms with Crippen LogP contribution in [-0.4, -0.2) is 49.3 Å². The number of carboxylic acids is 2. The van der Waals surface area contributed by atoms with Crippen molar-refractivity contribution in [3.05, 3.63) is 0 Å². The van der Waals surface area contributed by atoms with E-state index in [1.165, 1.54) is 4.72 Å². The molecule has 0 saturated carbocycles. The van der Waals surface area contributed by atoms with Crippen LogP contribution < -0.4 is 9.44 Å². The van der Waals surface area contributed by atoms with Crippen molar-refractivity contribution in [2.45, 2.75) is 18.6 Å². The van der Waals surface area contributed by atoms with Crippen LogP contribution in [0, 0.1) is 0 Å². The highest BCUT2D eigenvalue weighted by molar-refractivity contribution is 7.87. The molecule has 0 fully saturated rings. The number of carboxylic acid groups (broad SMARTS) is 2. The van der Waals surface area contributed by atoms with E-state index in [-0.39, 0.29) is 0 Å². The lowest BCUT2D eigenvalue weighted by Crippen LogP contribution is -2.49. The van der Waals surface area contributed by atoms with Crippen LogP contribution in [0.4, 0.5) is 13.2 Å². The van der Waals surface area contributed by atoms with Crippen LogP contribution in [0.3, 0.4) is 0 Å². The van der Waals surface area contributed by atoms with Crippen molar-refractivity contribution in [2.75, 3.05) is 6.54 Å². The molecule has 0 heterocycles. The van der Waals surface area contributed by atoms with Gasteiger partial charge in [0.25, 0.3) is 10.2 Å². The van der Waals surface area contributed by atoms with Gasteiger partial charge in [-0.3, -0.25) is 9.59 Å². The minimum Gasteiger partial charge on any atom is -0.481 e. The van der Waals surface area contributed by atoms with Crippen LogP contribution in [0.1, 0.15) is 6.42 Å². The second-order valence-electron chi connectivity index (χ2n) is 3.05. The first kappa shape index (κ1) is 16.6. The van der Waals surface area contributed by atoms with E-state index in [2.05, 4.69) is 0 Å². The molecule has 0 bridgehead atoms. The highest BCUT2D eigenvalue weighted by atomic mass is 32.2. The SMILES string of the molecule is O=C(O)CC(NS(=O)(=O)NCC(F)(F)F)C(=O)O. The average molecular weight is 294 g/mol. The molecule has 18 heavy (non-hydrogen) atoms. The Hall–Kier alpha value is -1.40. The predicted octanol–water partition coefficient (Wildman–Crippen LogP) is -1.10. The first-order valence-corrected chi connectivity index (χ1v) is 5.69. The lowest BCUT2D eigenvalue weighted by Gasteiger charge is -2.14. The molecule has 0 aromatic carbocycles. The topological polar surface area (TPSA) is 133 Å². The molecule has 0 amide bonds. The summed E-state index contributed by atoms with van der Waals surface area (Å²) in [5, 5.41) is 16.8. The van der Waals surface area contributed by atoms with Gasteiger partial charge in [-0.05, 0) is 0 Å². The summed E-state index contributed by atoms with van der Waals surface area (Å²) in [4.78, 5) is 20.7. The number of hydrogen-bond donors (Lipinski definition) is 4. The van der Waals surface area contributed by atoms with Crippen molar-refractivity contribution in [3.63, 3.8) is 0 Å². The van der Waals surface area contributed by atoms with E-state index >= 15 is 0 Å². The summed E-state index contributed by atoms with van der Waals surface area (Å²) in [5.74, 6) is -3.45. The number of nitrogens with one attached hydrogen (secondary N) is 2. The Morgan fingerprint density at radius 1 is 1.22 bits per heavy atom. The lowest BCUT2D eigenvalue weighted by atomic mass is 10.2. The van der Waals surface area contributed by atoms with Gasteiger partial charge >= 0.3 is 18.1 Å². The van der Waals surface area contributed by atoms with E-state index in [1.807, 2.05) is 0 Å². The van der Waals surface area contributed by atoms with E-state index in [1.54, 1.807) is 0 Å². The van der Waals surface area contributed by atoms with Gasteiger partial charge in [0.15, 0.2) is 0 Å². The zero-order chi connectivity index (χ0) is 14.6. The zero-order valence-corrected chi connectivity index (χ0v) is 9.38. The van der Waals surface area contributed by atoms with Crippen LogP contribution in [0.5, 0.6) is 0 Å². The highest BCUT2D eigenvalue weighted by Crippen LogP contribution is 2.12. The highest BCUT2D eigenvalue weighted by Gasteiger charge is 2.32. The van der Waals surface area contributed by atoms with Crippen LogP contribution in [0.15, 0.2) is 0 Å². The summed E-state index contributed by atoms with van der Waals surface area (Å²) in [7, 11) is -4.77. The fourth-order valence-electron chi connectivity index (χ4n) is 0.760. The quantitative estimate of drug-likeness (QED) is 0.471. The Labute approximate surface area is 99.0 Å². The van der Waals surface area contributed by atoms with Crippen molar-refractivity contribution < 1.29 is 41.4 Å². The van der Waals surface area contributed by atoms with Gasteiger partial charge in [0, 0.05) is 0 Å². The fraction of sp³-hybridized carbons (Fsp3) is 0.667. The van der Waals surface area contributed by atoms with Gasteiger partial charge in [0.2, 0.25) is 0 Å². The smallest absolute Gasteiger partial charge is 0.402 e. The minimum absolute atomic E-state index is 1.04. The summed E-state index contributed by atoms with van der Waals surface area (Å²) >= 11 is 0. The first-order chi connectivity index (χ1) is 7.93.